The normalized spacial score (nSPS) is 14.2. The van der Waals surface area contributed by atoms with Gasteiger partial charge in [-0.15, -0.1) is 0 Å². The number of hydrogen-bond acceptors (Lipinski definition) is 7. The Labute approximate surface area is 80.8 Å². The maximum absolute atomic E-state index is 10.8. The van der Waals surface area contributed by atoms with Crippen molar-refractivity contribution in [1.29, 1.82) is 0 Å². The molecule has 0 saturated heterocycles. The highest BCUT2D eigenvalue weighted by atomic mass is 32.2. The lowest BCUT2D eigenvalue weighted by Crippen LogP contribution is -2.15. The first-order valence-electron chi connectivity index (χ1n) is 3.79. The summed E-state index contributed by atoms with van der Waals surface area (Å²) in [5.74, 6) is -0.216. The molecule has 14 heavy (non-hydrogen) atoms. The number of sulfone groups is 1. The van der Waals surface area contributed by atoms with Crippen LogP contribution in [-0.2, 0) is 15.6 Å². The first-order chi connectivity index (χ1) is 6.42. The third-order valence-electron chi connectivity index (χ3n) is 1.39. The first kappa shape index (κ1) is 11.1. The topological polar surface area (TPSA) is 119 Å². The van der Waals surface area contributed by atoms with Crippen LogP contribution in [0, 0.1) is 0 Å². The molecular weight excluding hydrogens is 210 g/mol. The van der Waals surface area contributed by atoms with Gasteiger partial charge in [0.25, 0.3) is 0 Å². The molecule has 0 aliphatic carbocycles. The highest BCUT2D eigenvalue weighted by Gasteiger charge is 2.16. The molecule has 1 atom stereocenters. The minimum absolute atomic E-state index is 0.0335. The monoisotopic (exact) mass is 221 g/mol. The number of aliphatic hydroxyl groups excluding tert-OH is 1. The van der Waals surface area contributed by atoms with Gasteiger partial charge in [-0.1, -0.05) is 5.16 Å². The van der Waals surface area contributed by atoms with Gasteiger partial charge in [-0.05, 0) is 0 Å². The van der Waals surface area contributed by atoms with Crippen LogP contribution in [0.25, 0.3) is 0 Å². The Morgan fingerprint density at radius 1 is 1.64 bits per heavy atom. The lowest BCUT2D eigenvalue weighted by atomic mass is 10.3. The van der Waals surface area contributed by atoms with E-state index in [1.165, 1.54) is 0 Å². The minimum Gasteiger partial charge on any atom is -0.394 e. The van der Waals surface area contributed by atoms with Crippen molar-refractivity contribution in [2.24, 2.45) is 5.73 Å². The molecule has 1 heterocycles. The number of nitrogens with two attached hydrogens (primary N) is 1. The van der Waals surface area contributed by atoms with Gasteiger partial charge in [0.05, 0.1) is 6.61 Å². The van der Waals surface area contributed by atoms with Crippen molar-refractivity contribution in [3.63, 3.8) is 0 Å². The predicted octanol–water partition coefficient (Wildman–Crippen LogP) is -1.39. The van der Waals surface area contributed by atoms with Crippen LogP contribution in [0.1, 0.15) is 17.8 Å². The highest BCUT2D eigenvalue weighted by molar-refractivity contribution is 7.89. The lowest BCUT2D eigenvalue weighted by Gasteiger charge is -1.98. The van der Waals surface area contributed by atoms with Crippen molar-refractivity contribution in [2.75, 3.05) is 12.9 Å². The zero-order chi connectivity index (χ0) is 10.8. The summed E-state index contributed by atoms with van der Waals surface area (Å²) >= 11 is 0. The van der Waals surface area contributed by atoms with E-state index in [1.807, 2.05) is 0 Å². The molecule has 0 radical (unpaired) electrons. The second kappa shape index (κ2) is 4.03. The second-order valence-corrected chi connectivity index (χ2v) is 5.05. The number of aliphatic hydroxyl groups is 1. The van der Waals surface area contributed by atoms with E-state index in [4.69, 9.17) is 10.8 Å². The van der Waals surface area contributed by atoms with Gasteiger partial charge in [-0.3, -0.25) is 0 Å². The molecule has 80 valence electrons. The zero-order valence-corrected chi connectivity index (χ0v) is 8.36. The van der Waals surface area contributed by atoms with Crippen LogP contribution in [0.2, 0.25) is 0 Å². The average molecular weight is 221 g/mol. The van der Waals surface area contributed by atoms with Crippen LogP contribution < -0.4 is 5.73 Å². The van der Waals surface area contributed by atoms with Gasteiger partial charge in [0.2, 0.25) is 5.89 Å². The Hall–Kier alpha value is -0.990. The third kappa shape index (κ3) is 3.05. The van der Waals surface area contributed by atoms with Gasteiger partial charge in [0.15, 0.2) is 15.7 Å². The van der Waals surface area contributed by atoms with Crippen molar-refractivity contribution >= 4 is 9.84 Å². The minimum atomic E-state index is -3.18. The summed E-state index contributed by atoms with van der Waals surface area (Å²) in [6.45, 7) is -0.333. The number of rotatable bonds is 4. The van der Waals surface area contributed by atoms with Crippen LogP contribution in [0.4, 0.5) is 0 Å². The van der Waals surface area contributed by atoms with Crippen LogP contribution in [0.15, 0.2) is 4.52 Å². The molecule has 7 nitrogen and oxygen atoms in total. The molecule has 1 rings (SSSR count). The first-order valence-corrected chi connectivity index (χ1v) is 5.85. The molecule has 1 aromatic heterocycles. The summed E-state index contributed by atoms with van der Waals surface area (Å²) in [5, 5.41) is 12.1. The van der Waals surface area contributed by atoms with Gasteiger partial charge in [-0.2, -0.15) is 4.98 Å². The number of hydrogen-bond donors (Lipinski definition) is 2. The molecule has 0 aliphatic rings. The Morgan fingerprint density at radius 2 is 2.29 bits per heavy atom. The number of nitrogens with zero attached hydrogens (tertiary/aromatic N) is 2. The van der Waals surface area contributed by atoms with Gasteiger partial charge in [-0.25, -0.2) is 8.42 Å². The van der Waals surface area contributed by atoms with Gasteiger partial charge in [0, 0.05) is 6.26 Å². The van der Waals surface area contributed by atoms with Crippen molar-refractivity contribution in [1.82, 2.24) is 10.1 Å². The predicted molar refractivity (Wildman–Crippen MR) is 46.9 cm³/mol. The average Bonchev–Trinajstić information content (AvgIpc) is 2.48. The molecule has 0 fully saturated rings. The fraction of sp³-hybridized carbons (Fsp3) is 0.667. The number of aromatic nitrogens is 2. The molecule has 0 aromatic carbocycles. The van der Waals surface area contributed by atoms with Crippen molar-refractivity contribution in [2.45, 2.75) is 11.8 Å². The maximum atomic E-state index is 10.8. The Balaban J connectivity index is 2.79. The van der Waals surface area contributed by atoms with Gasteiger partial charge >= 0.3 is 0 Å². The summed E-state index contributed by atoms with van der Waals surface area (Å²) in [5.41, 5.74) is 5.38. The Morgan fingerprint density at radius 3 is 2.79 bits per heavy atom. The Kier molecular flexibility index (Phi) is 3.19. The molecule has 0 aliphatic heterocycles. The molecule has 1 aromatic rings. The summed E-state index contributed by atoms with van der Waals surface area (Å²) in [7, 11) is -3.18. The van der Waals surface area contributed by atoms with Crippen LogP contribution in [0.5, 0.6) is 0 Å². The molecule has 0 bridgehead atoms. The van der Waals surface area contributed by atoms with Crippen molar-refractivity contribution in [3.8, 4) is 0 Å². The largest absolute Gasteiger partial charge is 0.394 e. The second-order valence-electron chi connectivity index (χ2n) is 2.91. The summed E-state index contributed by atoms with van der Waals surface area (Å²) in [4.78, 5) is 3.72. The van der Waals surface area contributed by atoms with E-state index in [9.17, 15) is 8.42 Å². The molecule has 8 heteroatoms. The molecule has 0 amide bonds. The third-order valence-corrected chi connectivity index (χ3v) is 2.17. The molecular formula is C6H11N3O4S. The summed E-state index contributed by atoms with van der Waals surface area (Å²) in [6, 6.07) is -0.768. The van der Waals surface area contributed by atoms with Gasteiger partial charge in [0.1, 0.15) is 11.8 Å². The molecule has 0 spiro atoms. The molecule has 0 unspecified atom stereocenters. The van der Waals surface area contributed by atoms with Crippen LogP contribution in [-0.4, -0.2) is 36.5 Å². The van der Waals surface area contributed by atoms with E-state index in [0.29, 0.717) is 0 Å². The Bertz CT molecular complexity index is 399. The van der Waals surface area contributed by atoms with E-state index in [1.54, 1.807) is 0 Å². The van der Waals surface area contributed by atoms with Crippen LogP contribution >= 0.6 is 0 Å². The summed E-state index contributed by atoms with van der Waals surface area (Å²) < 4.78 is 26.3. The zero-order valence-electron chi connectivity index (χ0n) is 7.54. The van der Waals surface area contributed by atoms with Crippen molar-refractivity contribution < 1.29 is 18.0 Å². The van der Waals surface area contributed by atoms with E-state index < -0.39 is 15.9 Å². The standard InChI is InChI=1S/C6H11N3O4S/c1-14(11,12)3-5-8-6(13-9-5)4(7)2-10/h4,10H,2-3,7H2,1H3/t4-/m1/s1. The molecule has 3 N–H and O–H groups in total. The fourth-order valence-corrected chi connectivity index (χ4v) is 1.38. The highest BCUT2D eigenvalue weighted by Crippen LogP contribution is 2.07. The maximum Gasteiger partial charge on any atom is 0.245 e. The SMILES string of the molecule is CS(=O)(=O)Cc1noc([C@H](N)CO)n1. The summed E-state index contributed by atoms with van der Waals surface area (Å²) in [6.07, 6.45) is 1.06. The smallest absolute Gasteiger partial charge is 0.245 e. The van der Waals surface area contributed by atoms with E-state index in [2.05, 4.69) is 14.7 Å². The fourth-order valence-electron chi connectivity index (χ4n) is 0.789. The van der Waals surface area contributed by atoms with E-state index in [-0.39, 0.29) is 24.1 Å². The van der Waals surface area contributed by atoms with E-state index in [0.717, 1.165) is 6.26 Å². The van der Waals surface area contributed by atoms with Crippen LogP contribution in [0.3, 0.4) is 0 Å². The quantitative estimate of drug-likeness (QED) is 0.642. The lowest BCUT2D eigenvalue weighted by molar-refractivity contribution is 0.236. The van der Waals surface area contributed by atoms with Gasteiger partial charge < -0.3 is 15.4 Å². The molecule has 0 saturated carbocycles. The van der Waals surface area contributed by atoms with E-state index >= 15 is 0 Å². The van der Waals surface area contributed by atoms with Crippen molar-refractivity contribution in [3.05, 3.63) is 11.7 Å².